The summed E-state index contributed by atoms with van der Waals surface area (Å²) < 4.78 is 0. The van der Waals surface area contributed by atoms with Crippen molar-refractivity contribution in [3.05, 3.63) is 95.6 Å². The van der Waals surface area contributed by atoms with E-state index in [0.717, 1.165) is 12.8 Å². The van der Waals surface area contributed by atoms with Crippen molar-refractivity contribution in [1.29, 1.82) is 0 Å². The fourth-order valence-corrected chi connectivity index (χ4v) is 3.58. The van der Waals surface area contributed by atoms with Gasteiger partial charge in [-0.3, -0.25) is 4.79 Å². The zero-order chi connectivity index (χ0) is 17.2. The minimum Gasteiger partial charge on any atom is -0.349 e. The van der Waals surface area contributed by atoms with E-state index in [1.165, 1.54) is 22.5 Å². The molecular weight excluding hydrogens is 388 g/mol. The topological polar surface area (TPSA) is 23.6 Å². The van der Waals surface area contributed by atoms with Gasteiger partial charge in [0.25, 0.3) is 0 Å². The Kier molecular flexibility index (Phi) is 5.43. The summed E-state index contributed by atoms with van der Waals surface area (Å²) in [4.78, 5) is 15.7. The fourth-order valence-electron chi connectivity index (χ4n) is 3.58. The van der Waals surface area contributed by atoms with Gasteiger partial charge in [-0.2, -0.15) is 0 Å². The molecule has 4 heteroatoms. The van der Waals surface area contributed by atoms with Gasteiger partial charge < -0.3 is 9.80 Å². The molecule has 26 heavy (non-hydrogen) atoms. The van der Waals surface area contributed by atoms with Crippen molar-refractivity contribution < 1.29 is 4.79 Å². The third kappa shape index (κ3) is 3.25. The van der Waals surface area contributed by atoms with E-state index in [9.17, 15) is 4.79 Å². The summed E-state index contributed by atoms with van der Waals surface area (Å²) in [6, 6.07) is 26.9. The number of anilines is 2. The van der Waals surface area contributed by atoms with Crippen LogP contribution in [0.4, 0.5) is 11.4 Å². The Labute approximate surface area is 164 Å². The molecule has 1 heterocycles. The highest BCUT2D eigenvalue weighted by Crippen LogP contribution is 2.45. The van der Waals surface area contributed by atoms with Crippen molar-refractivity contribution in [2.45, 2.75) is 12.7 Å². The van der Waals surface area contributed by atoms with Gasteiger partial charge in [0.2, 0.25) is 0 Å². The molecule has 132 valence electrons. The van der Waals surface area contributed by atoms with Crippen LogP contribution in [-0.4, -0.2) is 13.3 Å². The Bertz CT molecular complexity index is 880. The molecule has 3 aromatic rings. The van der Waals surface area contributed by atoms with Gasteiger partial charge in [-0.1, -0.05) is 66.7 Å². The maximum absolute atomic E-state index is 11.0. The molecule has 0 aromatic heterocycles. The highest BCUT2D eigenvalue weighted by molar-refractivity contribution is 8.93. The Morgan fingerprint density at radius 1 is 0.846 bits per heavy atom. The van der Waals surface area contributed by atoms with E-state index >= 15 is 0 Å². The molecular formula is C22H21BrN2O. The van der Waals surface area contributed by atoms with Crippen LogP contribution in [0.15, 0.2) is 78.9 Å². The summed E-state index contributed by atoms with van der Waals surface area (Å²) >= 11 is 0. The summed E-state index contributed by atoms with van der Waals surface area (Å²) in [7, 11) is 2.13. The summed E-state index contributed by atoms with van der Waals surface area (Å²) in [5.41, 5.74) is 5.63. The third-order valence-corrected chi connectivity index (χ3v) is 4.80. The summed E-state index contributed by atoms with van der Waals surface area (Å²) in [6.45, 7) is 0.836. The van der Waals surface area contributed by atoms with Gasteiger partial charge in [0.1, 0.15) is 12.5 Å². The van der Waals surface area contributed by atoms with Gasteiger partial charge in [-0.05, 0) is 23.3 Å². The molecule has 1 unspecified atom stereocenters. The molecule has 0 radical (unpaired) electrons. The highest BCUT2D eigenvalue weighted by Gasteiger charge is 2.34. The number of carbonyl (C=O) groups excluding carboxylic acids is 1. The zero-order valence-electron chi connectivity index (χ0n) is 14.6. The van der Waals surface area contributed by atoms with Gasteiger partial charge in [0, 0.05) is 19.2 Å². The number of benzene rings is 3. The van der Waals surface area contributed by atoms with Crippen LogP contribution in [0.1, 0.15) is 27.7 Å². The summed E-state index contributed by atoms with van der Waals surface area (Å²) in [5.74, 6) is 0. The predicted molar refractivity (Wildman–Crippen MR) is 112 cm³/mol. The minimum absolute atomic E-state index is 0. The molecule has 0 fully saturated rings. The van der Waals surface area contributed by atoms with Crippen molar-refractivity contribution in [2.75, 3.05) is 16.8 Å². The maximum Gasteiger partial charge on any atom is 0.150 e. The Morgan fingerprint density at radius 2 is 1.46 bits per heavy atom. The average molecular weight is 409 g/mol. The molecule has 1 aliphatic heterocycles. The van der Waals surface area contributed by atoms with Gasteiger partial charge in [0.15, 0.2) is 0 Å². The SMILES string of the molecule is Br.CN1c2ccccc2N(Cc2ccccc2)C1c1ccc(C=O)cc1. The first-order valence-electron chi connectivity index (χ1n) is 8.45. The second-order valence-electron chi connectivity index (χ2n) is 6.37. The predicted octanol–water partition coefficient (Wildman–Crippen LogP) is 5.23. The van der Waals surface area contributed by atoms with Crippen LogP contribution in [-0.2, 0) is 6.54 Å². The lowest BCUT2D eigenvalue weighted by Gasteiger charge is -2.31. The summed E-state index contributed by atoms with van der Waals surface area (Å²) in [5, 5.41) is 0. The molecule has 0 spiro atoms. The fraction of sp³-hybridized carbons (Fsp3) is 0.136. The highest BCUT2D eigenvalue weighted by atomic mass is 79.9. The number of carbonyl (C=O) groups is 1. The van der Waals surface area contributed by atoms with Gasteiger partial charge in [-0.25, -0.2) is 0 Å². The molecule has 0 saturated heterocycles. The lowest BCUT2D eigenvalue weighted by atomic mass is 10.1. The monoisotopic (exact) mass is 408 g/mol. The minimum atomic E-state index is 0. The van der Waals surface area contributed by atoms with E-state index < -0.39 is 0 Å². The van der Waals surface area contributed by atoms with E-state index in [1.54, 1.807) is 0 Å². The van der Waals surface area contributed by atoms with Gasteiger partial charge >= 0.3 is 0 Å². The number of rotatable bonds is 4. The van der Waals surface area contributed by atoms with Crippen LogP contribution in [0.2, 0.25) is 0 Å². The number of hydrogen-bond acceptors (Lipinski definition) is 3. The molecule has 0 aliphatic carbocycles. The Balaban J connectivity index is 0.00000196. The molecule has 0 bridgehead atoms. The van der Waals surface area contributed by atoms with Crippen LogP contribution in [0, 0.1) is 0 Å². The number of nitrogens with zero attached hydrogens (tertiary/aromatic N) is 2. The van der Waals surface area contributed by atoms with Crippen LogP contribution in [0.3, 0.4) is 0 Å². The van der Waals surface area contributed by atoms with Crippen molar-refractivity contribution in [1.82, 2.24) is 0 Å². The second-order valence-corrected chi connectivity index (χ2v) is 6.37. The zero-order valence-corrected chi connectivity index (χ0v) is 16.3. The number of fused-ring (bicyclic) bond motifs is 1. The first-order chi connectivity index (χ1) is 12.3. The van der Waals surface area contributed by atoms with Crippen LogP contribution in [0.25, 0.3) is 0 Å². The first kappa shape index (κ1) is 18.2. The number of aldehydes is 1. The van der Waals surface area contributed by atoms with Crippen molar-refractivity contribution in [3.8, 4) is 0 Å². The third-order valence-electron chi connectivity index (χ3n) is 4.80. The van der Waals surface area contributed by atoms with Crippen LogP contribution >= 0.6 is 17.0 Å². The first-order valence-corrected chi connectivity index (χ1v) is 8.45. The van der Waals surface area contributed by atoms with E-state index in [1.807, 2.05) is 18.2 Å². The second kappa shape index (κ2) is 7.75. The lowest BCUT2D eigenvalue weighted by molar-refractivity contribution is 0.112. The number of hydrogen-bond donors (Lipinski definition) is 0. The van der Waals surface area contributed by atoms with Crippen molar-refractivity contribution in [2.24, 2.45) is 0 Å². The largest absolute Gasteiger partial charge is 0.349 e. The van der Waals surface area contributed by atoms with Crippen molar-refractivity contribution in [3.63, 3.8) is 0 Å². The molecule has 3 nitrogen and oxygen atoms in total. The molecule has 0 N–H and O–H groups in total. The normalized spacial score (nSPS) is 15.3. The Hall–Kier alpha value is -2.59. The molecule has 4 rings (SSSR count). The lowest BCUT2D eigenvalue weighted by Crippen LogP contribution is -2.33. The standard InChI is InChI=1S/C22H20N2O.BrH/c1-23-20-9-5-6-10-21(20)24(15-17-7-3-2-4-8-17)22(23)19-13-11-18(16-25)12-14-19;/h2-14,16,22H,15H2,1H3;1H. The quantitative estimate of drug-likeness (QED) is 0.552. The molecule has 1 atom stereocenters. The number of para-hydroxylation sites is 2. The van der Waals surface area contributed by atoms with Crippen LogP contribution < -0.4 is 9.80 Å². The van der Waals surface area contributed by atoms with E-state index in [0.29, 0.717) is 5.56 Å². The van der Waals surface area contributed by atoms with Crippen molar-refractivity contribution >= 4 is 34.6 Å². The maximum atomic E-state index is 11.0. The molecule has 1 aliphatic rings. The molecule has 0 saturated carbocycles. The van der Waals surface area contributed by atoms with E-state index in [-0.39, 0.29) is 23.1 Å². The van der Waals surface area contributed by atoms with Gasteiger partial charge in [-0.15, -0.1) is 17.0 Å². The molecule has 0 amide bonds. The summed E-state index contributed by atoms with van der Waals surface area (Å²) in [6.07, 6.45) is 0.997. The smallest absolute Gasteiger partial charge is 0.150 e. The molecule has 3 aromatic carbocycles. The van der Waals surface area contributed by atoms with Crippen LogP contribution in [0.5, 0.6) is 0 Å². The van der Waals surface area contributed by atoms with Gasteiger partial charge in [0.05, 0.1) is 11.4 Å². The Morgan fingerprint density at radius 3 is 2.12 bits per heavy atom. The average Bonchev–Trinajstić information content (AvgIpc) is 2.95. The van der Waals surface area contributed by atoms with E-state index in [4.69, 9.17) is 0 Å². The van der Waals surface area contributed by atoms with E-state index in [2.05, 4.69) is 77.5 Å². The number of halogens is 1.